The molecule has 1 unspecified atom stereocenters. The van der Waals surface area contributed by atoms with Crippen LogP contribution in [0.4, 0.5) is 13.2 Å². The number of alkyl halides is 3. The molecule has 1 fully saturated rings. The van der Waals surface area contributed by atoms with Crippen molar-refractivity contribution in [3.8, 4) is 0 Å². The van der Waals surface area contributed by atoms with Gasteiger partial charge in [0.2, 0.25) is 0 Å². The highest BCUT2D eigenvalue weighted by Crippen LogP contribution is 2.21. The molecule has 1 aliphatic heterocycles. The third-order valence-corrected chi connectivity index (χ3v) is 2.85. The first-order valence-electron chi connectivity index (χ1n) is 5.54. The summed E-state index contributed by atoms with van der Waals surface area (Å²) in [6.07, 6.45) is -1.41. The van der Waals surface area contributed by atoms with Crippen molar-refractivity contribution in [1.29, 1.82) is 0 Å². The van der Waals surface area contributed by atoms with Crippen molar-refractivity contribution in [2.75, 3.05) is 26.2 Å². The fourth-order valence-corrected chi connectivity index (χ4v) is 2.10. The summed E-state index contributed by atoms with van der Waals surface area (Å²) in [7, 11) is 0. The second-order valence-corrected chi connectivity index (χ2v) is 4.01. The number of halogens is 3. The maximum atomic E-state index is 12.3. The average Bonchev–Trinajstić information content (AvgIpc) is 2.40. The zero-order valence-corrected chi connectivity index (χ0v) is 9.11. The van der Waals surface area contributed by atoms with Crippen molar-refractivity contribution < 1.29 is 13.2 Å². The molecule has 2 nitrogen and oxygen atoms in total. The summed E-state index contributed by atoms with van der Waals surface area (Å²) in [6.45, 7) is 3.27. The summed E-state index contributed by atoms with van der Waals surface area (Å²) in [6, 6.07) is 0.0895. The van der Waals surface area contributed by atoms with E-state index in [1.807, 2.05) is 0 Å². The fraction of sp³-hybridized carbons (Fsp3) is 1.00. The lowest BCUT2D eigenvalue weighted by Crippen LogP contribution is -2.42. The van der Waals surface area contributed by atoms with Gasteiger partial charge in [-0.3, -0.25) is 4.90 Å². The number of rotatable bonds is 3. The number of hydrogen-bond donors (Lipinski definition) is 1. The average molecular weight is 224 g/mol. The van der Waals surface area contributed by atoms with E-state index >= 15 is 0 Å². The predicted molar refractivity (Wildman–Crippen MR) is 53.8 cm³/mol. The van der Waals surface area contributed by atoms with E-state index in [-0.39, 0.29) is 6.04 Å². The first-order valence-corrected chi connectivity index (χ1v) is 5.54. The van der Waals surface area contributed by atoms with Crippen LogP contribution < -0.4 is 5.32 Å². The van der Waals surface area contributed by atoms with Crippen molar-refractivity contribution in [1.82, 2.24) is 10.2 Å². The van der Waals surface area contributed by atoms with Gasteiger partial charge in [-0.25, -0.2) is 0 Å². The van der Waals surface area contributed by atoms with Crippen LogP contribution in [0, 0.1) is 0 Å². The summed E-state index contributed by atoms with van der Waals surface area (Å²) in [5, 5.41) is 3.21. The molecule has 0 saturated carbocycles. The molecule has 0 spiro atoms. The lowest BCUT2D eigenvalue weighted by Gasteiger charge is -2.30. The number of nitrogens with one attached hydrogen (secondary N) is 1. The minimum atomic E-state index is -4.07. The third-order valence-electron chi connectivity index (χ3n) is 2.85. The molecule has 90 valence electrons. The second kappa shape index (κ2) is 5.70. The van der Waals surface area contributed by atoms with E-state index in [2.05, 4.69) is 5.32 Å². The molecule has 0 bridgehead atoms. The molecular formula is C10H19F3N2. The zero-order valence-electron chi connectivity index (χ0n) is 9.11. The van der Waals surface area contributed by atoms with Crippen LogP contribution in [0.25, 0.3) is 0 Å². The highest BCUT2D eigenvalue weighted by Gasteiger charge is 2.33. The first-order chi connectivity index (χ1) is 7.03. The normalized spacial score (nSPS) is 24.2. The van der Waals surface area contributed by atoms with Crippen molar-refractivity contribution in [3.05, 3.63) is 0 Å². The molecular weight excluding hydrogens is 205 g/mol. The van der Waals surface area contributed by atoms with Crippen LogP contribution >= 0.6 is 0 Å². The third kappa shape index (κ3) is 4.84. The van der Waals surface area contributed by atoms with Gasteiger partial charge in [-0.05, 0) is 38.9 Å². The molecule has 0 aromatic carbocycles. The molecule has 1 heterocycles. The Bertz CT molecular complexity index is 174. The molecule has 0 aromatic heterocycles. The molecule has 1 N–H and O–H groups in total. The lowest BCUT2D eigenvalue weighted by molar-refractivity contribution is -0.150. The van der Waals surface area contributed by atoms with Crippen LogP contribution in [-0.2, 0) is 0 Å². The van der Waals surface area contributed by atoms with Gasteiger partial charge >= 0.3 is 6.18 Å². The molecule has 15 heavy (non-hydrogen) atoms. The highest BCUT2D eigenvalue weighted by molar-refractivity contribution is 4.77. The smallest absolute Gasteiger partial charge is 0.317 e. The highest BCUT2D eigenvalue weighted by atomic mass is 19.4. The van der Waals surface area contributed by atoms with E-state index in [1.165, 1.54) is 0 Å². The van der Waals surface area contributed by atoms with Gasteiger partial charge in [0.25, 0.3) is 0 Å². The van der Waals surface area contributed by atoms with E-state index < -0.39 is 12.7 Å². The first kappa shape index (κ1) is 12.8. The molecule has 0 aliphatic carbocycles. The summed E-state index contributed by atoms with van der Waals surface area (Å²) >= 11 is 0. The fourth-order valence-electron chi connectivity index (χ4n) is 2.10. The Morgan fingerprint density at radius 2 is 2.00 bits per heavy atom. The van der Waals surface area contributed by atoms with Crippen LogP contribution in [-0.4, -0.2) is 43.3 Å². The van der Waals surface area contributed by atoms with Gasteiger partial charge in [0.1, 0.15) is 0 Å². The van der Waals surface area contributed by atoms with Gasteiger partial charge in [-0.1, -0.05) is 6.92 Å². The zero-order chi connectivity index (χ0) is 11.3. The number of hydrogen-bond acceptors (Lipinski definition) is 2. The summed E-state index contributed by atoms with van der Waals surface area (Å²) < 4.78 is 36.9. The molecule has 5 heteroatoms. The minimum absolute atomic E-state index is 0.0895. The van der Waals surface area contributed by atoms with Crippen LogP contribution in [0.3, 0.4) is 0 Å². The van der Waals surface area contributed by atoms with Crippen LogP contribution in [0.5, 0.6) is 0 Å². The van der Waals surface area contributed by atoms with Crippen LogP contribution in [0.2, 0.25) is 0 Å². The van der Waals surface area contributed by atoms with Gasteiger partial charge in [0.05, 0.1) is 6.54 Å². The van der Waals surface area contributed by atoms with Gasteiger partial charge in [-0.2, -0.15) is 13.2 Å². The Hall–Kier alpha value is -0.290. The van der Waals surface area contributed by atoms with Crippen molar-refractivity contribution in [3.63, 3.8) is 0 Å². The van der Waals surface area contributed by atoms with E-state index in [4.69, 9.17) is 0 Å². The van der Waals surface area contributed by atoms with E-state index in [0.717, 1.165) is 32.4 Å². The second-order valence-electron chi connectivity index (χ2n) is 4.01. The maximum absolute atomic E-state index is 12.3. The Morgan fingerprint density at radius 1 is 1.27 bits per heavy atom. The molecule has 0 radical (unpaired) electrons. The SMILES string of the molecule is CCN(CC(F)(F)F)C1CCCNCC1. The minimum Gasteiger partial charge on any atom is -0.317 e. The Labute approximate surface area is 88.8 Å². The predicted octanol–water partition coefficient (Wildman–Crippen LogP) is 2.01. The van der Waals surface area contributed by atoms with Crippen LogP contribution in [0.15, 0.2) is 0 Å². The van der Waals surface area contributed by atoms with E-state index in [1.54, 1.807) is 11.8 Å². The summed E-state index contributed by atoms with van der Waals surface area (Å²) in [4.78, 5) is 1.55. The Morgan fingerprint density at radius 3 is 2.60 bits per heavy atom. The van der Waals surface area contributed by atoms with Crippen LogP contribution in [0.1, 0.15) is 26.2 Å². The topological polar surface area (TPSA) is 15.3 Å². The van der Waals surface area contributed by atoms with Crippen molar-refractivity contribution in [2.45, 2.75) is 38.4 Å². The molecule has 1 aliphatic rings. The number of nitrogens with zero attached hydrogens (tertiary/aromatic N) is 1. The van der Waals surface area contributed by atoms with Crippen molar-refractivity contribution in [2.24, 2.45) is 0 Å². The van der Waals surface area contributed by atoms with Crippen molar-refractivity contribution >= 4 is 0 Å². The van der Waals surface area contributed by atoms with Gasteiger partial charge < -0.3 is 5.32 Å². The van der Waals surface area contributed by atoms with Gasteiger partial charge in [-0.15, -0.1) is 0 Å². The van der Waals surface area contributed by atoms with Gasteiger partial charge in [0.15, 0.2) is 0 Å². The van der Waals surface area contributed by atoms with E-state index in [0.29, 0.717) is 6.54 Å². The molecule has 1 atom stereocenters. The maximum Gasteiger partial charge on any atom is 0.401 e. The monoisotopic (exact) mass is 224 g/mol. The largest absolute Gasteiger partial charge is 0.401 e. The summed E-state index contributed by atoms with van der Waals surface area (Å²) in [5.74, 6) is 0. The van der Waals surface area contributed by atoms with Gasteiger partial charge in [0, 0.05) is 6.04 Å². The standard InChI is InChI=1S/C10H19F3N2/c1-2-15(8-10(11,12)13)9-4-3-6-14-7-5-9/h9,14H,2-8H2,1H3. The Balaban J connectivity index is 2.48. The Kier molecular flexibility index (Phi) is 4.86. The molecule has 0 aromatic rings. The quantitative estimate of drug-likeness (QED) is 0.789. The molecule has 1 rings (SSSR count). The lowest BCUT2D eigenvalue weighted by atomic mass is 10.1. The summed E-state index contributed by atoms with van der Waals surface area (Å²) in [5.41, 5.74) is 0. The molecule has 0 amide bonds. The van der Waals surface area contributed by atoms with E-state index in [9.17, 15) is 13.2 Å². The molecule has 1 saturated heterocycles.